The first-order chi connectivity index (χ1) is 19.8. The smallest absolute Gasteiger partial charge is 0.00559 e. The van der Waals surface area contributed by atoms with Crippen LogP contribution in [0, 0.1) is 11.8 Å². The van der Waals surface area contributed by atoms with Crippen molar-refractivity contribution in [3.8, 4) is 0 Å². The Labute approximate surface area is 238 Å². The Balaban J connectivity index is 1.40. The lowest BCUT2D eigenvalue weighted by Crippen LogP contribution is -2.12. The first-order valence-electron chi connectivity index (χ1n) is 15.3. The molecule has 5 aliphatic rings. The quantitative estimate of drug-likeness (QED) is 0.304. The fourth-order valence-electron chi connectivity index (χ4n) is 7.84. The molecule has 0 saturated carbocycles. The van der Waals surface area contributed by atoms with Crippen LogP contribution in [-0.4, -0.2) is 0 Å². The summed E-state index contributed by atoms with van der Waals surface area (Å²) < 4.78 is 0. The Kier molecular flexibility index (Phi) is 5.95. The van der Waals surface area contributed by atoms with E-state index in [9.17, 15) is 0 Å². The number of allylic oxidation sites excluding steroid dienone is 16. The molecule has 0 spiro atoms. The summed E-state index contributed by atoms with van der Waals surface area (Å²) in [4.78, 5) is 0. The van der Waals surface area contributed by atoms with E-state index in [-0.39, 0.29) is 0 Å². The molecule has 40 heavy (non-hydrogen) atoms. The van der Waals surface area contributed by atoms with Crippen molar-refractivity contribution >= 4 is 32.7 Å². The number of rotatable bonds is 3. The minimum Gasteiger partial charge on any atom is -0.0842 e. The predicted molar refractivity (Wildman–Crippen MR) is 172 cm³/mol. The average molecular weight is 517 g/mol. The molecular weight excluding hydrogens is 480 g/mol. The molecule has 0 amide bonds. The maximum absolute atomic E-state index is 2.55. The monoisotopic (exact) mass is 516 g/mol. The number of hydrogen-bond donors (Lipinski definition) is 0. The van der Waals surface area contributed by atoms with Crippen LogP contribution in [0.5, 0.6) is 0 Å². The Morgan fingerprint density at radius 1 is 0.625 bits per heavy atom. The minimum atomic E-state index is 0.446. The highest BCUT2D eigenvalue weighted by molar-refractivity contribution is 6.16. The van der Waals surface area contributed by atoms with Crippen LogP contribution >= 0.6 is 0 Å². The van der Waals surface area contributed by atoms with Gasteiger partial charge in [-0.15, -0.1) is 0 Å². The van der Waals surface area contributed by atoms with Gasteiger partial charge >= 0.3 is 0 Å². The Bertz CT molecular complexity index is 1770. The van der Waals surface area contributed by atoms with E-state index in [0.717, 1.165) is 19.3 Å². The number of hydrogen-bond acceptors (Lipinski definition) is 0. The van der Waals surface area contributed by atoms with Gasteiger partial charge in [0.05, 0.1) is 0 Å². The normalized spacial score (nSPS) is 25.2. The molecule has 0 heterocycles. The second kappa shape index (κ2) is 9.93. The summed E-state index contributed by atoms with van der Waals surface area (Å²) >= 11 is 0. The van der Waals surface area contributed by atoms with Gasteiger partial charge in [0.2, 0.25) is 0 Å². The van der Waals surface area contributed by atoms with E-state index in [1.807, 2.05) is 0 Å². The molecule has 0 N–H and O–H groups in total. The molecule has 0 fully saturated rings. The van der Waals surface area contributed by atoms with Crippen LogP contribution < -0.4 is 0 Å². The van der Waals surface area contributed by atoms with Crippen molar-refractivity contribution in [1.82, 2.24) is 0 Å². The van der Waals surface area contributed by atoms with E-state index in [1.165, 1.54) is 86.2 Å². The van der Waals surface area contributed by atoms with Crippen molar-refractivity contribution in [2.45, 2.75) is 50.9 Å². The molecule has 0 nitrogen and oxygen atoms in total. The average Bonchev–Trinajstić information content (AvgIpc) is 3.03. The molecule has 196 valence electrons. The van der Waals surface area contributed by atoms with Crippen LogP contribution in [-0.2, 0) is 0 Å². The van der Waals surface area contributed by atoms with E-state index >= 15 is 0 Å². The highest BCUT2D eigenvalue weighted by atomic mass is 14.3. The largest absolute Gasteiger partial charge is 0.0842 e. The van der Waals surface area contributed by atoms with Crippen molar-refractivity contribution in [2.75, 3.05) is 0 Å². The van der Waals surface area contributed by atoms with E-state index < -0.39 is 0 Å². The van der Waals surface area contributed by atoms with Gasteiger partial charge in [0.25, 0.3) is 0 Å². The molecular formula is C40H36. The zero-order valence-electron chi connectivity index (χ0n) is 23.2. The summed E-state index contributed by atoms with van der Waals surface area (Å²) in [6.45, 7) is 0. The molecule has 8 rings (SSSR count). The van der Waals surface area contributed by atoms with Crippen molar-refractivity contribution in [1.29, 1.82) is 0 Å². The molecule has 3 unspecified atom stereocenters. The summed E-state index contributed by atoms with van der Waals surface area (Å²) in [6, 6.07) is 16.7. The molecule has 3 aromatic carbocycles. The van der Waals surface area contributed by atoms with Gasteiger partial charge < -0.3 is 0 Å². The zero-order chi connectivity index (χ0) is 26.5. The van der Waals surface area contributed by atoms with Crippen molar-refractivity contribution in [3.05, 3.63) is 143 Å². The lowest BCUT2D eigenvalue weighted by Gasteiger charge is -2.30. The van der Waals surface area contributed by atoms with Crippen LogP contribution in [0.15, 0.2) is 127 Å². The Hall–Kier alpha value is -3.90. The third-order valence-electron chi connectivity index (χ3n) is 9.93. The number of benzene rings is 3. The maximum atomic E-state index is 2.55. The summed E-state index contributed by atoms with van der Waals surface area (Å²) in [6.07, 6.45) is 36.3. The topological polar surface area (TPSA) is 0 Å². The second-order valence-electron chi connectivity index (χ2n) is 12.2. The van der Waals surface area contributed by atoms with E-state index in [4.69, 9.17) is 0 Å². The van der Waals surface area contributed by atoms with Crippen LogP contribution in [0.4, 0.5) is 0 Å². The first-order valence-corrected chi connectivity index (χ1v) is 15.3. The molecule has 0 saturated heterocycles. The molecule has 3 atom stereocenters. The molecule has 0 aliphatic heterocycles. The van der Waals surface area contributed by atoms with Crippen LogP contribution in [0.1, 0.15) is 67.6 Å². The first kappa shape index (κ1) is 23.9. The van der Waals surface area contributed by atoms with Crippen LogP contribution in [0.3, 0.4) is 0 Å². The van der Waals surface area contributed by atoms with Gasteiger partial charge in [-0.05, 0) is 123 Å². The van der Waals surface area contributed by atoms with Gasteiger partial charge in [-0.25, -0.2) is 0 Å². The van der Waals surface area contributed by atoms with Gasteiger partial charge in [0, 0.05) is 5.92 Å². The second-order valence-corrected chi connectivity index (χ2v) is 12.2. The molecule has 0 radical (unpaired) electrons. The van der Waals surface area contributed by atoms with Gasteiger partial charge in [-0.3, -0.25) is 0 Å². The minimum absolute atomic E-state index is 0.446. The summed E-state index contributed by atoms with van der Waals surface area (Å²) in [5.41, 5.74) is 10.4. The fraction of sp³-hybridized carbons (Fsp3) is 0.250. The predicted octanol–water partition coefficient (Wildman–Crippen LogP) is 11.0. The van der Waals surface area contributed by atoms with Gasteiger partial charge in [0.15, 0.2) is 0 Å². The van der Waals surface area contributed by atoms with Crippen molar-refractivity contribution < 1.29 is 0 Å². The summed E-state index contributed by atoms with van der Waals surface area (Å²) in [5, 5.41) is 5.68. The van der Waals surface area contributed by atoms with E-state index in [1.54, 1.807) is 0 Å². The van der Waals surface area contributed by atoms with Crippen molar-refractivity contribution in [2.24, 2.45) is 11.8 Å². The van der Waals surface area contributed by atoms with Crippen LogP contribution in [0.25, 0.3) is 32.7 Å². The number of fused-ring (bicyclic) bond motifs is 4. The van der Waals surface area contributed by atoms with Gasteiger partial charge in [-0.1, -0.05) is 109 Å². The highest BCUT2D eigenvalue weighted by Crippen LogP contribution is 2.47. The third-order valence-corrected chi connectivity index (χ3v) is 9.93. The Morgan fingerprint density at radius 3 is 2.35 bits per heavy atom. The van der Waals surface area contributed by atoms with Crippen molar-refractivity contribution in [3.63, 3.8) is 0 Å². The third kappa shape index (κ3) is 4.05. The standard InChI is InChI=1S/C40H36/c1-2-10-27(11-3-1)32-22-23-37-38(26-32)40(34-21-19-29-13-5-7-15-31(29)25-34)36-17-9-8-16-35(36)39(37)33-20-18-28-12-4-6-14-30(28)24-33/h1-6,8-10,13-14,16-17,19,21-24,26-28,31H,7,11-12,15,18,20,25H2. The van der Waals surface area contributed by atoms with E-state index in [2.05, 4.69) is 115 Å². The van der Waals surface area contributed by atoms with Gasteiger partial charge in [-0.2, -0.15) is 0 Å². The zero-order valence-corrected chi connectivity index (χ0v) is 23.2. The fourth-order valence-corrected chi connectivity index (χ4v) is 7.84. The molecule has 0 aromatic heterocycles. The Morgan fingerprint density at radius 2 is 1.48 bits per heavy atom. The van der Waals surface area contributed by atoms with Crippen LogP contribution in [0.2, 0.25) is 0 Å². The van der Waals surface area contributed by atoms with E-state index in [0.29, 0.717) is 17.8 Å². The molecule has 0 bridgehead atoms. The highest BCUT2D eigenvalue weighted by Gasteiger charge is 2.27. The molecule has 5 aliphatic carbocycles. The summed E-state index contributed by atoms with van der Waals surface area (Å²) in [7, 11) is 0. The molecule has 0 heteroatoms. The molecule has 3 aromatic rings. The van der Waals surface area contributed by atoms with Gasteiger partial charge in [0.1, 0.15) is 0 Å². The SMILES string of the molecule is C1=CCC2CCC(c3c4ccccc4c(C4=CC=C5C=CCCC5C4)c4cc(C5C=CC=CC5)ccc34)=CC2=C1. The lowest BCUT2D eigenvalue weighted by molar-refractivity contribution is 0.572. The maximum Gasteiger partial charge on any atom is 0.00559 e. The lowest BCUT2D eigenvalue weighted by atomic mass is 9.74. The summed E-state index contributed by atoms with van der Waals surface area (Å²) in [5.74, 6) is 1.76.